The second-order valence-corrected chi connectivity index (χ2v) is 20.7. The van der Waals surface area contributed by atoms with E-state index in [9.17, 15) is 10.5 Å². The first-order valence-electron chi connectivity index (χ1n) is 24.9. The summed E-state index contributed by atoms with van der Waals surface area (Å²) in [5.74, 6) is 0.0503. The number of hydrogen-bond acceptors (Lipinski definition) is 2. The van der Waals surface area contributed by atoms with E-state index >= 15 is 0 Å². The SMILES string of the molecule is N#Cc1cc2c(c3c1C1c4ccccc4C3c3ccccc31)c1c3c4ccccc4n(-c4ccc(-c5ccccc5)cc4)c3cc3c4c5c(c(C#N)cc4n2c31)C1c2ccccc2C12c1ccccc1C52. The average Bonchev–Trinajstić information content (AvgIpc) is 4.19. The number of benzene rings is 10. The first kappa shape index (κ1) is 36.8. The number of nitrogens with zero attached hydrogens (tertiary/aromatic N) is 4. The highest BCUT2D eigenvalue weighted by Gasteiger charge is 2.70. The molecule has 3 unspecified atom stereocenters. The van der Waals surface area contributed by atoms with Gasteiger partial charge in [0.05, 0.1) is 50.8 Å². The van der Waals surface area contributed by atoms with Crippen molar-refractivity contribution in [2.24, 2.45) is 0 Å². The van der Waals surface area contributed by atoms with Crippen LogP contribution in [0.4, 0.5) is 0 Å². The summed E-state index contributed by atoms with van der Waals surface area (Å²) >= 11 is 0. The number of hydrogen-bond donors (Lipinski definition) is 0. The molecular weight excluding hydrogens is 861 g/mol. The minimum Gasteiger partial charge on any atom is -0.309 e. The number of rotatable bonds is 2. The lowest BCUT2D eigenvalue weighted by Gasteiger charge is -2.58. The highest BCUT2D eigenvalue weighted by Crippen LogP contribution is 2.78. The largest absolute Gasteiger partial charge is 0.309 e. The number of nitriles is 2. The smallest absolute Gasteiger partial charge is 0.0995 e. The Hall–Kier alpha value is -9.22. The lowest BCUT2D eigenvalue weighted by molar-refractivity contribution is 0.333. The fraction of sp³-hybridized carbons (Fsp3) is 0.0746. The van der Waals surface area contributed by atoms with E-state index in [0.29, 0.717) is 0 Å². The zero-order valence-electron chi connectivity index (χ0n) is 38.1. The predicted molar refractivity (Wildman–Crippen MR) is 282 cm³/mol. The number of para-hydroxylation sites is 1. The topological polar surface area (TPSA) is 56.9 Å². The zero-order valence-corrected chi connectivity index (χ0v) is 38.1. The van der Waals surface area contributed by atoms with E-state index < -0.39 is 0 Å². The fourth-order valence-electron chi connectivity index (χ4n) is 15.9. The van der Waals surface area contributed by atoms with E-state index in [1.165, 1.54) is 110 Å². The van der Waals surface area contributed by atoms with E-state index in [1.807, 2.05) is 0 Å². The summed E-state index contributed by atoms with van der Waals surface area (Å²) < 4.78 is 4.98. The first-order chi connectivity index (χ1) is 35.2. The lowest BCUT2D eigenvalue weighted by atomic mass is 9.43. The van der Waals surface area contributed by atoms with Crippen molar-refractivity contribution in [3.05, 3.63) is 272 Å². The molecule has 13 aromatic rings. The molecule has 0 saturated carbocycles. The first-order valence-corrected chi connectivity index (χ1v) is 24.9. The van der Waals surface area contributed by atoms with Crippen LogP contribution in [0.3, 0.4) is 0 Å². The van der Waals surface area contributed by atoms with Crippen LogP contribution in [0, 0.1) is 22.7 Å². The Bertz CT molecular complexity index is 4700. The molecule has 3 atom stereocenters. The normalized spacial score (nSPS) is 20.1. The highest BCUT2D eigenvalue weighted by atomic mass is 15.0. The third kappa shape index (κ3) is 3.91. The second-order valence-electron chi connectivity index (χ2n) is 20.7. The van der Waals surface area contributed by atoms with Crippen molar-refractivity contribution in [3.63, 3.8) is 0 Å². The van der Waals surface area contributed by atoms with Crippen LogP contribution < -0.4 is 0 Å². The van der Waals surface area contributed by atoms with E-state index in [-0.39, 0.29) is 29.1 Å². The van der Waals surface area contributed by atoms with E-state index in [0.717, 1.165) is 44.4 Å². The molecule has 4 nitrogen and oxygen atoms in total. The Morgan fingerprint density at radius 3 is 1.55 bits per heavy atom. The standard InChI is InChI=1S/C67H36N4/c68-33-37-30-52-60(61-54(37)56-40-16-4-6-18-42(40)57(61)43-19-7-5-17-41(43)56)63-58-46-22-10-13-25-50(46)70(39-28-26-36(27-29-39)35-14-2-1-3-15-35)53(58)32-47-59-51(71(52)66(47)63)31-38(34-69)55-62(59)65-45-21-9-12-24-49(45)67(65)48-23-11-8-20-44(48)64(55)67/h1-32,56-57,64-65H. The Balaban J connectivity index is 1.06. The number of aromatic nitrogens is 2. The summed E-state index contributed by atoms with van der Waals surface area (Å²) in [7, 11) is 0. The quantitative estimate of drug-likeness (QED) is 0.174. The highest BCUT2D eigenvalue weighted by molar-refractivity contribution is 6.37. The van der Waals surface area contributed by atoms with Crippen molar-refractivity contribution >= 4 is 59.9 Å². The van der Waals surface area contributed by atoms with Gasteiger partial charge in [-0.2, -0.15) is 10.5 Å². The van der Waals surface area contributed by atoms with Gasteiger partial charge in [-0.15, -0.1) is 0 Å². The van der Waals surface area contributed by atoms with Gasteiger partial charge in [-0.1, -0.05) is 158 Å². The van der Waals surface area contributed by atoms with E-state index in [2.05, 4.69) is 215 Å². The van der Waals surface area contributed by atoms with E-state index in [1.54, 1.807) is 0 Å². The van der Waals surface area contributed by atoms with Crippen molar-refractivity contribution in [3.8, 4) is 29.0 Å². The minimum absolute atomic E-state index is 0.0658. The maximum absolute atomic E-state index is 11.5. The lowest BCUT2D eigenvalue weighted by Crippen LogP contribution is -2.52. The van der Waals surface area contributed by atoms with Gasteiger partial charge in [0.15, 0.2) is 0 Å². The molecule has 0 saturated heterocycles. The van der Waals surface area contributed by atoms with Crippen molar-refractivity contribution in [1.82, 2.24) is 8.97 Å². The maximum Gasteiger partial charge on any atom is 0.0995 e. The molecule has 3 aromatic heterocycles. The van der Waals surface area contributed by atoms with Gasteiger partial charge in [-0.25, -0.2) is 0 Å². The van der Waals surface area contributed by atoms with Crippen LogP contribution in [0.25, 0.3) is 76.7 Å². The monoisotopic (exact) mass is 896 g/mol. The summed E-state index contributed by atoms with van der Waals surface area (Å²) in [4.78, 5) is 0. The molecule has 0 fully saturated rings. The Kier molecular flexibility index (Phi) is 6.38. The predicted octanol–water partition coefficient (Wildman–Crippen LogP) is 15.2. The summed E-state index contributed by atoms with van der Waals surface area (Å²) in [5, 5.41) is 30.2. The van der Waals surface area contributed by atoms with Crippen molar-refractivity contribution < 1.29 is 0 Å². The average molecular weight is 897 g/mol. The molecule has 0 aliphatic heterocycles. The van der Waals surface area contributed by atoms with Gasteiger partial charge >= 0.3 is 0 Å². The Morgan fingerprint density at radius 1 is 0.380 bits per heavy atom. The Labute approximate surface area is 407 Å². The van der Waals surface area contributed by atoms with Crippen molar-refractivity contribution in [2.75, 3.05) is 0 Å². The minimum atomic E-state index is -0.221. The molecule has 19 rings (SSSR count). The molecule has 324 valence electrons. The van der Waals surface area contributed by atoms with Crippen molar-refractivity contribution in [2.45, 2.75) is 29.1 Å². The molecular formula is C67H36N4. The van der Waals surface area contributed by atoms with Crippen molar-refractivity contribution in [1.29, 1.82) is 10.5 Å². The summed E-state index contributed by atoms with van der Waals surface area (Å²) in [6, 6.07) is 77.1. The van der Waals surface area contributed by atoms with Gasteiger partial charge in [0, 0.05) is 67.1 Å². The Morgan fingerprint density at radius 2 is 0.901 bits per heavy atom. The fourth-order valence-corrected chi connectivity index (χ4v) is 15.9. The van der Waals surface area contributed by atoms with Gasteiger partial charge in [0.1, 0.15) is 0 Å². The van der Waals surface area contributed by atoms with Gasteiger partial charge in [-0.05, 0) is 114 Å². The third-order valence-corrected chi connectivity index (χ3v) is 18.1. The molecule has 3 heterocycles. The molecule has 0 amide bonds. The van der Waals surface area contributed by atoms with Gasteiger partial charge in [-0.3, -0.25) is 0 Å². The summed E-state index contributed by atoms with van der Waals surface area (Å²) in [6.45, 7) is 0. The molecule has 0 N–H and O–H groups in total. The molecule has 2 bridgehead atoms. The number of fused-ring (bicyclic) bond motifs is 18. The van der Waals surface area contributed by atoms with E-state index in [4.69, 9.17) is 0 Å². The second kappa shape index (κ2) is 12.3. The van der Waals surface area contributed by atoms with Gasteiger partial charge < -0.3 is 8.97 Å². The molecule has 1 spiro atoms. The molecule has 4 heteroatoms. The zero-order chi connectivity index (χ0) is 46.2. The van der Waals surface area contributed by atoms with Crippen LogP contribution in [0.15, 0.2) is 194 Å². The summed E-state index contributed by atoms with van der Waals surface area (Å²) in [5.41, 5.74) is 25.9. The maximum atomic E-state index is 11.5. The van der Waals surface area contributed by atoms with Gasteiger partial charge in [0.25, 0.3) is 0 Å². The van der Waals surface area contributed by atoms with Crippen LogP contribution in [-0.2, 0) is 5.41 Å². The molecule has 10 aromatic carbocycles. The van der Waals surface area contributed by atoms with Gasteiger partial charge in [0.2, 0.25) is 0 Å². The van der Waals surface area contributed by atoms with Crippen LogP contribution >= 0.6 is 0 Å². The van der Waals surface area contributed by atoms with Crippen LogP contribution in [0.5, 0.6) is 0 Å². The van der Waals surface area contributed by atoms with Crippen LogP contribution in [0.2, 0.25) is 0 Å². The summed E-state index contributed by atoms with van der Waals surface area (Å²) in [6.07, 6.45) is 0. The van der Waals surface area contributed by atoms with Crippen LogP contribution in [0.1, 0.15) is 102 Å². The molecule has 6 aliphatic rings. The van der Waals surface area contributed by atoms with Crippen LogP contribution in [-0.4, -0.2) is 8.97 Å². The third-order valence-electron chi connectivity index (χ3n) is 18.1. The molecule has 0 radical (unpaired) electrons. The molecule has 71 heavy (non-hydrogen) atoms. The molecule has 6 aliphatic carbocycles.